The van der Waals surface area contributed by atoms with Gasteiger partial charge in [-0.1, -0.05) is 134 Å². The van der Waals surface area contributed by atoms with E-state index in [1.807, 2.05) is 0 Å². The average Bonchev–Trinajstić information content (AvgIpc) is 2.66. The van der Waals surface area contributed by atoms with E-state index >= 15 is 0 Å². The van der Waals surface area contributed by atoms with Crippen LogP contribution in [-0.4, -0.2) is 27.3 Å². The lowest BCUT2D eigenvalue weighted by molar-refractivity contribution is 0.218. The number of aliphatic hydroxyl groups excluding tert-OH is 1. The van der Waals surface area contributed by atoms with Gasteiger partial charge in [-0.15, -0.1) is 0 Å². The highest BCUT2D eigenvalue weighted by Gasteiger charge is 2.09. The van der Waals surface area contributed by atoms with E-state index in [0.717, 1.165) is 12.2 Å². The monoisotopic (exact) mass is 416 g/mol. The Hall–Kier alpha value is 0.270. The van der Waals surface area contributed by atoms with Crippen LogP contribution in [0.25, 0.3) is 0 Å². The average molecular weight is 417 g/mol. The number of unbranched alkanes of at least 4 members (excludes halogenated alkanes) is 19. The second-order valence-electron chi connectivity index (χ2n) is 8.88. The second-order valence-corrected chi connectivity index (χ2v) is 10.5. The van der Waals surface area contributed by atoms with Gasteiger partial charge in [0.05, 0.1) is 6.10 Å². The van der Waals surface area contributed by atoms with E-state index in [1.165, 1.54) is 122 Å². The maximum atomic E-state index is 11.6. The maximum absolute atomic E-state index is 11.6. The Labute approximate surface area is 180 Å². The molecule has 28 heavy (non-hydrogen) atoms. The van der Waals surface area contributed by atoms with Gasteiger partial charge < -0.3 is 9.66 Å². The van der Waals surface area contributed by atoms with Gasteiger partial charge in [-0.2, -0.15) is 0 Å². The van der Waals surface area contributed by atoms with E-state index in [2.05, 4.69) is 6.92 Å². The summed E-state index contributed by atoms with van der Waals surface area (Å²) in [6.07, 6.45) is 27.4. The Morgan fingerprint density at radius 2 is 0.857 bits per heavy atom. The van der Waals surface area contributed by atoms with Crippen molar-refractivity contribution in [1.29, 1.82) is 0 Å². The van der Waals surface area contributed by atoms with Crippen LogP contribution in [0.1, 0.15) is 142 Å². The van der Waals surface area contributed by atoms with E-state index in [1.54, 1.807) is 6.92 Å². The van der Waals surface area contributed by atoms with Gasteiger partial charge in [-0.05, 0) is 19.8 Å². The Balaban J connectivity index is 3.05. The Morgan fingerprint density at radius 3 is 1.14 bits per heavy atom. The van der Waals surface area contributed by atoms with Crippen molar-refractivity contribution < 1.29 is 9.66 Å². The van der Waals surface area contributed by atoms with Crippen molar-refractivity contribution in [3.63, 3.8) is 0 Å². The number of hydrogen-bond acceptors (Lipinski definition) is 2. The highest BCUT2D eigenvalue weighted by molar-refractivity contribution is 7.91. The predicted octanol–water partition coefficient (Wildman–Crippen LogP) is 7.94. The molecule has 0 aliphatic heterocycles. The zero-order valence-corrected chi connectivity index (χ0v) is 20.2. The fourth-order valence-electron chi connectivity index (χ4n) is 3.87. The normalized spacial score (nSPS) is 13.7. The van der Waals surface area contributed by atoms with Crippen LogP contribution in [0, 0.1) is 0 Å². The molecular formula is C25H52O2S. The fourth-order valence-corrected chi connectivity index (χ4v) is 5.10. The van der Waals surface area contributed by atoms with E-state index in [0.29, 0.717) is 5.75 Å². The molecule has 0 saturated heterocycles. The summed E-state index contributed by atoms with van der Waals surface area (Å²) in [6.45, 7) is 4.01. The number of aliphatic hydroxyl groups is 1. The largest absolute Gasteiger partial charge is 0.616 e. The molecule has 0 saturated carbocycles. The third-order valence-electron chi connectivity index (χ3n) is 5.65. The van der Waals surface area contributed by atoms with Crippen molar-refractivity contribution >= 4 is 11.2 Å². The summed E-state index contributed by atoms with van der Waals surface area (Å²) < 4.78 is 11.6. The third-order valence-corrected chi connectivity index (χ3v) is 7.25. The van der Waals surface area contributed by atoms with E-state index < -0.39 is 17.3 Å². The first-order valence-electron chi connectivity index (χ1n) is 12.7. The molecule has 170 valence electrons. The van der Waals surface area contributed by atoms with Gasteiger partial charge in [-0.25, -0.2) is 0 Å². The quantitative estimate of drug-likeness (QED) is 0.136. The summed E-state index contributed by atoms with van der Waals surface area (Å²) in [5.41, 5.74) is 0. The lowest BCUT2D eigenvalue weighted by Gasteiger charge is -2.12. The molecule has 0 amide bonds. The smallest absolute Gasteiger partial charge is 0.131 e. The van der Waals surface area contributed by atoms with Crippen LogP contribution in [0.3, 0.4) is 0 Å². The molecule has 0 aliphatic rings. The Morgan fingerprint density at radius 1 is 0.571 bits per heavy atom. The molecule has 0 radical (unpaired) electrons. The van der Waals surface area contributed by atoms with Crippen molar-refractivity contribution in [1.82, 2.24) is 0 Å². The topological polar surface area (TPSA) is 43.3 Å². The molecule has 0 aliphatic carbocycles. The molecule has 0 fully saturated rings. The van der Waals surface area contributed by atoms with Crippen molar-refractivity contribution in [2.24, 2.45) is 0 Å². The minimum atomic E-state index is -0.820. The minimum absolute atomic E-state index is 0.425. The molecular weight excluding hydrogens is 364 g/mol. The molecule has 1 N–H and O–H groups in total. The van der Waals surface area contributed by atoms with Crippen LogP contribution in [0.2, 0.25) is 0 Å². The standard InChI is InChI=1S/C25H52O2S/c1-3-4-5-6-7-8-9-10-11-12-13-14-15-16-17-18-19-20-21-22-23-28(27)24-25(2)26/h25-26H,3-24H2,1-2H3. The summed E-state index contributed by atoms with van der Waals surface area (Å²) in [4.78, 5) is 0. The zero-order chi connectivity index (χ0) is 20.7. The van der Waals surface area contributed by atoms with Gasteiger partial charge in [0.2, 0.25) is 0 Å². The summed E-state index contributed by atoms with van der Waals surface area (Å²) in [7, 11) is 0. The molecule has 0 heterocycles. The lowest BCUT2D eigenvalue weighted by Crippen LogP contribution is -2.20. The van der Waals surface area contributed by atoms with E-state index in [4.69, 9.17) is 0 Å². The Bertz CT molecular complexity index is 284. The van der Waals surface area contributed by atoms with Gasteiger partial charge >= 0.3 is 0 Å². The number of rotatable bonds is 23. The van der Waals surface area contributed by atoms with E-state index in [9.17, 15) is 9.66 Å². The first-order valence-corrected chi connectivity index (χ1v) is 14.2. The summed E-state index contributed by atoms with van der Waals surface area (Å²) >= 11 is -0.820. The molecule has 2 nitrogen and oxygen atoms in total. The summed E-state index contributed by atoms with van der Waals surface area (Å²) in [5, 5.41) is 9.20. The lowest BCUT2D eigenvalue weighted by atomic mass is 10.0. The Kier molecular flexibility index (Phi) is 23.8. The highest BCUT2D eigenvalue weighted by Crippen LogP contribution is 2.15. The second kappa shape index (κ2) is 23.5. The predicted molar refractivity (Wildman–Crippen MR) is 128 cm³/mol. The fraction of sp³-hybridized carbons (Fsp3) is 1.00. The summed E-state index contributed by atoms with van der Waals surface area (Å²) in [6, 6.07) is 0. The molecule has 0 aromatic heterocycles. The van der Waals surface area contributed by atoms with Crippen LogP contribution in [-0.2, 0) is 11.2 Å². The van der Waals surface area contributed by atoms with Crippen molar-refractivity contribution in [2.75, 3.05) is 11.5 Å². The van der Waals surface area contributed by atoms with Crippen molar-refractivity contribution in [2.45, 2.75) is 148 Å². The maximum Gasteiger partial charge on any atom is 0.131 e. The van der Waals surface area contributed by atoms with Crippen molar-refractivity contribution in [3.8, 4) is 0 Å². The van der Waals surface area contributed by atoms with Gasteiger partial charge in [-0.3, -0.25) is 0 Å². The molecule has 2 unspecified atom stereocenters. The molecule has 2 atom stereocenters. The van der Waals surface area contributed by atoms with Crippen LogP contribution in [0.4, 0.5) is 0 Å². The van der Waals surface area contributed by atoms with Gasteiger partial charge in [0, 0.05) is 0 Å². The summed E-state index contributed by atoms with van der Waals surface area (Å²) in [5.74, 6) is 1.21. The van der Waals surface area contributed by atoms with Crippen LogP contribution < -0.4 is 0 Å². The van der Waals surface area contributed by atoms with Crippen LogP contribution in [0.15, 0.2) is 0 Å². The van der Waals surface area contributed by atoms with Gasteiger partial charge in [0.1, 0.15) is 11.5 Å². The van der Waals surface area contributed by atoms with Gasteiger partial charge in [0.15, 0.2) is 0 Å². The SMILES string of the molecule is CCCCCCCCCCCCCCCCCCCCCC[S+]([O-])CC(C)O. The van der Waals surface area contributed by atoms with Crippen LogP contribution >= 0.6 is 0 Å². The molecule has 0 spiro atoms. The molecule has 3 heteroatoms. The van der Waals surface area contributed by atoms with Crippen LogP contribution in [0.5, 0.6) is 0 Å². The minimum Gasteiger partial charge on any atom is -0.616 e. The molecule has 0 aromatic rings. The molecule has 0 aromatic carbocycles. The zero-order valence-electron chi connectivity index (χ0n) is 19.4. The third kappa shape index (κ3) is 24.3. The molecule has 0 bridgehead atoms. The van der Waals surface area contributed by atoms with E-state index in [-0.39, 0.29) is 0 Å². The van der Waals surface area contributed by atoms with Crippen molar-refractivity contribution in [3.05, 3.63) is 0 Å². The molecule has 0 rings (SSSR count). The highest BCUT2D eigenvalue weighted by atomic mass is 32.2. The van der Waals surface area contributed by atoms with Gasteiger partial charge in [0.25, 0.3) is 0 Å². The number of hydrogen-bond donors (Lipinski definition) is 1. The first kappa shape index (κ1) is 28.3. The first-order chi connectivity index (χ1) is 13.7.